The number of likely N-dealkylation sites (tertiary alicyclic amines) is 1. The monoisotopic (exact) mass is 275 g/mol. The molecule has 0 atom stereocenters. The summed E-state index contributed by atoms with van der Waals surface area (Å²) in [6, 6.07) is 3.95. The summed E-state index contributed by atoms with van der Waals surface area (Å²) < 4.78 is 5.14. The number of nitrogens with zero attached hydrogens (tertiary/aromatic N) is 2. The number of methoxy groups -OCH3 is 1. The van der Waals surface area contributed by atoms with Crippen molar-refractivity contribution in [1.82, 2.24) is 15.2 Å². The van der Waals surface area contributed by atoms with Crippen LogP contribution in [-0.2, 0) is 11.3 Å². The maximum atomic E-state index is 5.14. The molecular formula is C16H25N3O. The Balaban J connectivity index is 1.67. The van der Waals surface area contributed by atoms with E-state index >= 15 is 0 Å². The molecule has 0 saturated carbocycles. The van der Waals surface area contributed by atoms with E-state index in [4.69, 9.17) is 4.74 Å². The SMILES string of the molecule is C=C(OC)c1ccnc(CNCCCN2CCCC2)c1. The summed E-state index contributed by atoms with van der Waals surface area (Å²) in [7, 11) is 1.64. The Morgan fingerprint density at radius 2 is 2.25 bits per heavy atom. The molecule has 0 unspecified atom stereocenters. The van der Waals surface area contributed by atoms with Gasteiger partial charge < -0.3 is 15.0 Å². The van der Waals surface area contributed by atoms with Crippen LogP contribution in [0.2, 0.25) is 0 Å². The molecule has 1 aromatic heterocycles. The zero-order chi connectivity index (χ0) is 14.2. The minimum atomic E-state index is 0.683. The molecule has 0 bridgehead atoms. The summed E-state index contributed by atoms with van der Waals surface area (Å²) in [5.41, 5.74) is 2.03. The average Bonchev–Trinajstić information content (AvgIpc) is 2.99. The van der Waals surface area contributed by atoms with Gasteiger partial charge in [-0.25, -0.2) is 0 Å². The molecule has 1 aliphatic rings. The highest BCUT2D eigenvalue weighted by molar-refractivity contribution is 5.57. The Hall–Kier alpha value is -1.39. The van der Waals surface area contributed by atoms with Crippen molar-refractivity contribution < 1.29 is 4.74 Å². The summed E-state index contributed by atoms with van der Waals surface area (Å²) in [6.07, 6.45) is 5.74. The molecule has 110 valence electrons. The quantitative estimate of drug-likeness (QED) is 0.583. The summed E-state index contributed by atoms with van der Waals surface area (Å²) in [6.45, 7) is 9.46. The van der Waals surface area contributed by atoms with Gasteiger partial charge in [-0.05, 0) is 57.6 Å². The van der Waals surface area contributed by atoms with E-state index in [0.717, 1.165) is 24.3 Å². The number of pyridine rings is 1. The molecular weight excluding hydrogens is 250 g/mol. The highest BCUT2D eigenvalue weighted by Crippen LogP contribution is 2.12. The van der Waals surface area contributed by atoms with Crippen LogP contribution < -0.4 is 5.32 Å². The molecule has 0 spiro atoms. The van der Waals surface area contributed by atoms with Crippen LogP contribution in [0.4, 0.5) is 0 Å². The van der Waals surface area contributed by atoms with E-state index in [-0.39, 0.29) is 0 Å². The van der Waals surface area contributed by atoms with Crippen LogP contribution in [0.15, 0.2) is 24.9 Å². The van der Waals surface area contributed by atoms with Crippen molar-refractivity contribution in [3.05, 3.63) is 36.2 Å². The van der Waals surface area contributed by atoms with Gasteiger partial charge in [-0.2, -0.15) is 0 Å². The van der Waals surface area contributed by atoms with E-state index in [9.17, 15) is 0 Å². The Morgan fingerprint density at radius 1 is 1.45 bits per heavy atom. The van der Waals surface area contributed by atoms with Crippen molar-refractivity contribution in [3.8, 4) is 0 Å². The fraction of sp³-hybridized carbons (Fsp3) is 0.562. The van der Waals surface area contributed by atoms with Crippen LogP contribution in [0.1, 0.15) is 30.5 Å². The van der Waals surface area contributed by atoms with E-state index in [1.165, 1.54) is 38.9 Å². The first-order chi connectivity index (χ1) is 9.79. The third-order valence-corrected chi connectivity index (χ3v) is 3.72. The first-order valence-corrected chi connectivity index (χ1v) is 7.41. The third kappa shape index (κ3) is 4.62. The zero-order valence-corrected chi connectivity index (χ0v) is 12.4. The molecule has 0 amide bonds. The Bertz CT molecular complexity index is 427. The molecule has 2 heterocycles. The van der Waals surface area contributed by atoms with Gasteiger partial charge in [0, 0.05) is 18.3 Å². The molecule has 4 nitrogen and oxygen atoms in total. The number of hydrogen-bond acceptors (Lipinski definition) is 4. The maximum absolute atomic E-state index is 5.14. The largest absolute Gasteiger partial charge is 0.497 e. The van der Waals surface area contributed by atoms with Gasteiger partial charge in [0.1, 0.15) is 5.76 Å². The number of nitrogens with one attached hydrogen (secondary N) is 1. The van der Waals surface area contributed by atoms with Gasteiger partial charge in [-0.1, -0.05) is 6.58 Å². The average molecular weight is 275 g/mol. The number of rotatable bonds is 8. The molecule has 20 heavy (non-hydrogen) atoms. The predicted molar refractivity (Wildman–Crippen MR) is 82.3 cm³/mol. The standard InChI is InChI=1S/C16H25N3O/c1-14(20-2)15-6-8-18-16(12-15)13-17-7-5-11-19-9-3-4-10-19/h6,8,12,17H,1,3-5,7,9-11,13H2,2H3. The fourth-order valence-corrected chi connectivity index (χ4v) is 2.52. The highest BCUT2D eigenvalue weighted by atomic mass is 16.5. The maximum Gasteiger partial charge on any atom is 0.119 e. The zero-order valence-electron chi connectivity index (χ0n) is 12.4. The summed E-state index contributed by atoms with van der Waals surface area (Å²) in [4.78, 5) is 6.91. The van der Waals surface area contributed by atoms with Crippen LogP contribution in [-0.4, -0.2) is 43.2 Å². The van der Waals surface area contributed by atoms with Crippen LogP contribution in [0, 0.1) is 0 Å². The summed E-state index contributed by atoms with van der Waals surface area (Å²) >= 11 is 0. The van der Waals surface area contributed by atoms with E-state index in [2.05, 4.69) is 21.8 Å². The van der Waals surface area contributed by atoms with E-state index < -0.39 is 0 Å². The smallest absolute Gasteiger partial charge is 0.119 e. The molecule has 0 aliphatic carbocycles. The van der Waals surface area contributed by atoms with Crippen molar-refractivity contribution >= 4 is 5.76 Å². The van der Waals surface area contributed by atoms with Crippen LogP contribution in [0.25, 0.3) is 5.76 Å². The van der Waals surface area contributed by atoms with Crippen LogP contribution >= 0.6 is 0 Å². The van der Waals surface area contributed by atoms with E-state index in [1.54, 1.807) is 13.3 Å². The van der Waals surface area contributed by atoms with Gasteiger partial charge in [0.15, 0.2) is 0 Å². The van der Waals surface area contributed by atoms with E-state index in [0.29, 0.717) is 5.76 Å². The first kappa shape index (κ1) is 15.0. The lowest BCUT2D eigenvalue weighted by molar-refractivity contribution is 0.331. The summed E-state index contributed by atoms with van der Waals surface area (Å²) in [5, 5.41) is 3.45. The lowest BCUT2D eigenvalue weighted by Crippen LogP contribution is -2.24. The molecule has 1 N–H and O–H groups in total. The van der Waals surface area contributed by atoms with Gasteiger partial charge in [-0.3, -0.25) is 4.98 Å². The second-order valence-corrected chi connectivity index (χ2v) is 5.24. The summed E-state index contributed by atoms with van der Waals surface area (Å²) in [5.74, 6) is 0.683. The van der Waals surface area contributed by atoms with Crippen molar-refractivity contribution in [2.24, 2.45) is 0 Å². The predicted octanol–water partition coefficient (Wildman–Crippen LogP) is 2.27. The molecule has 1 fully saturated rings. The Labute approximate surface area is 121 Å². The van der Waals surface area contributed by atoms with Crippen molar-refractivity contribution in [2.45, 2.75) is 25.8 Å². The lowest BCUT2D eigenvalue weighted by Gasteiger charge is -2.14. The van der Waals surface area contributed by atoms with Crippen molar-refractivity contribution in [3.63, 3.8) is 0 Å². The van der Waals surface area contributed by atoms with Gasteiger partial charge in [-0.15, -0.1) is 0 Å². The van der Waals surface area contributed by atoms with Gasteiger partial charge >= 0.3 is 0 Å². The molecule has 1 aliphatic heterocycles. The minimum Gasteiger partial charge on any atom is -0.497 e. The highest BCUT2D eigenvalue weighted by Gasteiger charge is 2.09. The number of aromatic nitrogens is 1. The van der Waals surface area contributed by atoms with Gasteiger partial charge in [0.2, 0.25) is 0 Å². The van der Waals surface area contributed by atoms with Gasteiger partial charge in [0.25, 0.3) is 0 Å². The van der Waals surface area contributed by atoms with E-state index in [1.807, 2.05) is 12.1 Å². The Morgan fingerprint density at radius 3 is 3.00 bits per heavy atom. The van der Waals surface area contributed by atoms with Crippen LogP contribution in [0.3, 0.4) is 0 Å². The number of ether oxygens (including phenoxy) is 1. The van der Waals surface area contributed by atoms with Crippen LogP contribution in [0.5, 0.6) is 0 Å². The van der Waals surface area contributed by atoms with Crippen molar-refractivity contribution in [2.75, 3.05) is 33.3 Å². The van der Waals surface area contributed by atoms with Crippen molar-refractivity contribution in [1.29, 1.82) is 0 Å². The topological polar surface area (TPSA) is 37.4 Å². The Kier molecular flexibility index (Phi) is 6.02. The molecule has 0 radical (unpaired) electrons. The molecule has 1 saturated heterocycles. The second-order valence-electron chi connectivity index (χ2n) is 5.24. The molecule has 4 heteroatoms. The molecule has 1 aromatic rings. The third-order valence-electron chi connectivity index (χ3n) is 3.72. The lowest BCUT2D eigenvalue weighted by atomic mass is 10.2. The molecule has 0 aromatic carbocycles. The fourth-order valence-electron chi connectivity index (χ4n) is 2.52. The minimum absolute atomic E-state index is 0.683. The number of hydrogen-bond donors (Lipinski definition) is 1. The van der Waals surface area contributed by atoms with Gasteiger partial charge in [0.05, 0.1) is 12.8 Å². The normalized spacial score (nSPS) is 15.4. The molecule has 2 rings (SSSR count). The first-order valence-electron chi connectivity index (χ1n) is 7.41. The second kappa shape index (κ2) is 8.02.